The van der Waals surface area contributed by atoms with Crippen LogP contribution in [0.15, 0.2) is 206 Å². The highest BCUT2D eigenvalue weighted by atomic mass is 15.1. The highest BCUT2D eigenvalue weighted by Crippen LogP contribution is 2.54. The van der Waals surface area contributed by atoms with Crippen LogP contribution in [0.25, 0.3) is 55.6 Å². The van der Waals surface area contributed by atoms with Crippen molar-refractivity contribution in [2.24, 2.45) is 0 Å². The Balaban J connectivity index is 0.964. The molecule has 10 aromatic carbocycles. The number of benzene rings is 10. The average molecular weight is 831 g/mol. The largest absolute Gasteiger partial charge is 0.310 e. The maximum atomic E-state index is 9.90. The molecule has 0 atom stereocenters. The van der Waals surface area contributed by atoms with E-state index in [4.69, 9.17) is 0 Å². The monoisotopic (exact) mass is 830 g/mol. The highest BCUT2D eigenvalue weighted by molar-refractivity contribution is 6.07. The molecule has 306 valence electrons. The van der Waals surface area contributed by atoms with Crippen molar-refractivity contribution in [2.45, 2.75) is 19.3 Å². The predicted octanol–water partition coefficient (Wildman–Crippen LogP) is 16.3. The maximum Gasteiger partial charge on any atom is 0.0992 e. The summed E-state index contributed by atoms with van der Waals surface area (Å²) in [6, 6.07) is 76.9. The molecule has 0 fully saturated rings. The van der Waals surface area contributed by atoms with E-state index in [1.165, 1.54) is 49.4 Å². The molecule has 1 aliphatic rings. The van der Waals surface area contributed by atoms with Crippen LogP contribution in [0.2, 0.25) is 0 Å². The lowest BCUT2D eigenvalue weighted by Crippen LogP contribution is -2.17. The SMILES string of the molecule is CC1(C)c2cc(N(c3cccc(C#N)c3)c3ccc4ccccc4c3)ccc2-c2c1cc(/C=C/c1ccc(N(c3cccc(C#N)c3)c3ccc4ccccc4c3)cc1)c1ccccc21. The Bertz CT molecular complexity index is 3620. The Morgan fingerprint density at radius 1 is 0.400 bits per heavy atom. The van der Waals surface area contributed by atoms with E-state index in [2.05, 4.69) is 218 Å². The first-order valence-electron chi connectivity index (χ1n) is 21.9. The standard InChI is InChI=1S/C61H42N4/c1-61(2)58-38-54(65(51-18-10-12-43(34-51)40-63)53-30-26-45-14-4-6-16-47(45)36-53)31-32-57(58)60-56-20-8-7-19-55(56)48(37-59(60)61)24-21-41-22-27-49(28-23-41)64(50-17-9-11-42(33-50)39-62)52-29-25-44-13-3-5-15-46(44)35-52/h3-38H,1-2H3/b24-21+. The number of rotatable bonds is 8. The molecule has 65 heavy (non-hydrogen) atoms. The van der Waals surface area contributed by atoms with Gasteiger partial charge in [-0.2, -0.15) is 10.5 Å². The second kappa shape index (κ2) is 15.9. The van der Waals surface area contributed by atoms with Gasteiger partial charge in [-0.15, -0.1) is 0 Å². The molecule has 4 heteroatoms. The number of hydrogen-bond acceptors (Lipinski definition) is 4. The number of hydrogen-bond donors (Lipinski definition) is 0. The molecule has 10 aromatic rings. The van der Waals surface area contributed by atoms with Gasteiger partial charge in [0.1, 0.15) is 0 Å². The van der Waals surface area contributed by atoms with E-state index in [1.807, 2.05) is 36.4 Å². The first kappa shape index (κ1) is 39.2. The van der Waals surface area contributed by atoms with Crippen molar-refractivity contribution in [3.05, 3.63) is 240 Å². The van der Waals surface area contributed by atoms with Crippen molar-refractivity contribution >= 4 is 78.6 Å². The Hall–Kier alpha value is -8.70. The minimum Gasteiger partial charge on any atom is -0.310 e. The van der Waals surface area contributed by atoms with Gasteiger partial charge < -0.3 is 9.80 Å². The second-order valence-corrected chi connectivity index (χ2v) is 17.3. The zero-order valence-electron chi connectivity index (χ0n) is 36.1. The van der Waals surface area contributed by atoms with Crippen LogP contribution in [0.4, 0.5) is 34.1 Å². The van der Waals surface area contributed by atoms with Gasteiger partial charge in [-0.25, -0.2) is 0 Å². The molecule has 4 nitrogen and oxygen atoms in total. The van der Waals surface area contributed by atoms with Crippen LogP contribution in [-0.2, 0) is 5.41 Å². The summed E-state index contributed by atoms with van der Waals surface area (Å²) in [4.78, 5) is 4.49. The van der Waals surface area contributed by atoms with Crippen molar-refractivity contribution in [1.82, 2.24) is 0 Å². The molecule has 11 rings (SSSR count). The van der Waals surface area contributed by atoms with E-state index in [0.717, 1.165) is 50.5 Å². The topological polar surface area (TPSA) is 54.1 Å². The van der Waals surface area contributed by atoms with Gasteiger partial charge in [-0.1, -0.05) is 141 Å². The second-order valence-electron chi connectivity index (χ2n) is 17.3. The highest BCUT2D eigenvalue weighted by Gasteiger charge is 2.37. The number of fused-ring (bicyclic) bond motifs is 7. The van der Waals surface area contributed by atoms with Crippen LogP contribution < -0.4 is 9.80 Å². The summed E-state index contributed by atoms with van der Waals surface area (Å²) in [7, 11) is 0. The Morgan fingerprint density at radius 3 is 1.49 bits per heavy atom. The third kappa shape index (κ3) is 6.95. The molecule has 0 saturated carbocycles. The quantitative estimate of drug-likeness (QED) is 0.143. The Morgan fingerprint density at radius 2 is 0.892 bits per heavy atom. The van der Waals surface area contributed by atoms with Gasteiger partial charge in [-0.3, -0.25) is 0 Å². The average Bonchev–Trinajstić information content (AvgIpc) is 3.58. The molecule has 0 bridgehead atoms. The molecule has 0 aliphatic heterocycles. The summed E-state index contributed by atoms with van der Waals surface area (Å²) in [5.41, 5.74) is 14.3. The molecule has 0 aromatic heterocycles. The molecule has 0 radical (unpaired) electrons. The number of nitriles is 2. The van der Waals surface area contributed by atoms with Crippen molar-refractivity contribution in [1.29, 1.82) is 10.5 Å². The van der Waals surface area contributed by atoms with Crippen LogP contribution in [0.5, 0.6) is 0 Å². The van der Waals surface area contributed by atoms with E-state index in [9.17, 15) is 10.5 Å². The molecule has 0 spiro atoms. The van der Waals surface area contributed by atoms with Crippen LogP contribution in [0, 0.1) is 22.7 Å². The van der Waals surface area contributed by atoms with Crippen molar-refractivity contribution < 1.29 is 0 Å². The van der Waals surface area contributed by atoms with E-state index in [1.54, 1.807) is 0 Å². The smallest absolute Gasteiger partial charge is 0.0992 e. The number of nitrogens with zero attached hydrogens (tertiary/aromatic N) is 4. The lowest BCUT2D eigenvalue weighted by Gasteiger charge is -2.28. The van der Waals surface area contributed by atoms with Crippen LogP contribution >= 0.6 is 0 Å². The minimum atomic E-state index is -0.298. The fourth-order valence-electron chi connectivity index (χ4n) is 9.75. The Labute approximate surface area is 379 Å². The fraction of sp³-hybridized carbons (Fsp3) is 0.0492. The molecule has 0 N–H and O–H groups in total. The molecule has 0 heterocycles. The van der Waals surface area contributed by atoms with E-state index in [0.29, 0.717) is 11.1 Å². The van der Waals surface area contributed by atoms with Gasteiger partial charge in [0.15, 0.2) is 0 Å². The zero-order valence-corrected chi connectivity index (χ0v) is 36.1. The van der Waals surface area contributed by atoms with E-state index < -0.39 is 0 Å². The lowest BCUT2D eigenvalue weighted by atomic mass is 9.81. The van der Waals surface area contributed by atoms with Crippen molar-refractivity contribution in [2.75, 3.05) is 9.80 Å². The lowest BCUT2D eigenvalue weighted by molar-refractivity contribution is 0.661. The van der Waals surface area contributed by atoms with Crippen molar-refractivity contribution in [3.8, 4) is 23.3 Å². The molecule has 0 amide bonds. The third-order valence-electron chi connectivity index (χ3n) is 13.0. The van der Waals surface area contributed by atoms with Crippen LogP contribution in [-0.4, -0.2) is 0 Å². The molecule has 1 aliphatic carbocycles. The minimum absolute atomic E-state index is 0.298. The van der Waals surface area contributed by atoms with Crippen LogP contribution in [0.3, 0.4) is 0 Å². The first-order chi connectivity index (χ1) is 31.9. The van der Waals surface area contributed by atoms with E-state index >= 15 is 0 Å². The molecule has 0 unspecified atom stereocenters. The summed E-state index contributed by atoms with van der Waals surface area (Å²) >= 11 is 0. The normalized spacial score (nSPS) is 12.5. The fourth-order valence-corrected chi connectivity index (χ4v) is 9.75. The summed E-state index contributed by atoms with van der Waals surface area (Å²) < 4.78 is 0. The Kier molecular flexibility index (Phi) is 9.57. The predicted molar refractivity (Wildman–Crippen MR) is 271 cm³/mol. The molecular weight excluding hydrogens is 789 g/mol. The van der Waals surface area contributed by atoms with Gasteiger partial charge in [-0.05, 0) is 157 Å². The maximum absolute atomic E-state index is 9.90. The van der Waals surface area contributed by atoms with Gasteiger partial charge in [0.05, 0.1) is 23.3 Å². The molecule has 0 saturated heterocycles. The van der Waals surface area contributed by atoms with Crippen LogP contribution in [0.1, 0.15) is 47.2 Å². The summed E-state index contributed by atoms with van der Waals surface area (Å²) in [6.45, 7) is 4.68. The first-order valence-corrected chi connectivity index (χ1v) is 21.9. The zero-order chi connectivity index (χ0) is 44.1. The summed E-state index contributed by atoms with van der Waals surface area (Å²) in [6.07, 6.45) is 4.46. The summed E-state index contributed by atoms with van der Waals surface area (Å²) in [5, 5.41) is 26.8. The van der Waals surface area contributed by atoms with Gasteiger partial charge in [0.2, 0.25) is 0 Å². The van der Waals surface area contributed by atoms with Gasteiger partial charge >= 0.3 is 0 Å². The molecular formula is C61H42N4. The third-order valence-corrected chi connectivity index (χ3v) is 13.0. The summed E-state index contributed by atoms with van der Waals surface area (Å²) in [5.74, 6) is 0. The van der Waals surface area contributed by atoms with E-state index in [-0.39, 0.29) is 5.41 Å². The van der Waals surface area contributed by atoms with Gasteiger partial charge in [0.25, 0.3) is 0 Å². The number of anilines is 6. The van der Waals surface area contributed by atoms with Gasteiger partial charge in [0, 0.05) is 39.5 Å². The van der Waals surface area contributed by atoms with Crippen molar-refractivity contribution in [3.63, 3.8) is 0 Å².